The number of unbranched alkanes of at least 4 members (excludes halogenated alkanes) is 41. The van der Waals surface area contributed by atoms with Crippen LogP contribution in [0.25, 0.3) is 0 Å². The largest absolute Gasteiger partial charge is 0.462 e. The fourth-order valence-electron chi connectivity index (χ4n) is 10.5. The summed E-state index contributed by atoms with van der Waals surface area (Å²) < 4.78 is 17.0. The van der Waals surface area contributed by atoms with Gasteiger partial charge in [-0.1, -0.05) is 337 Å². The van der Waals surface area contributed by atoms with Crippen molar-refractivity contribution in [2.45, 2.75) is 374 Å². The van der Waals surface area contributed by atoms with Crippen molar-refractivity contribution in [3.63, 3.8) is 0 Å². The highest BCUT2D eigenvalue weighted by atomic mass is 16.6. The number of carbonyl (C=O) groups excluding carboxylic acids is 3. The second-order valence-electron chi connectivity index (χ2n) is 24.1. The summed E-state index contributed by atoms with van der Waals surface area (Å²) in [4.78, 5) is 38.5. The van der Waals surface area contributed by atoms with E-state index >= 15 is 0 Å². The van der Waals surface area contributed by atoms with Crippen molar-refractivity contribution in [2.75, 3.05) is 13.2 Å². The Morgan fingerprint density at radius 2 is 0.470 bits per heavy atom. The fraction of sp³-hybridized carbons (Fsp3) is 0.779. The van der Waals surface area contributed by atoms with Crippen molar-refractivity contribution in [1.29, 1.82) is 0 Å². The number of hydrogen-bond acceptors (Lipinski definition) is 6. The molecule has 0 amide bonds. The van der Waals surface area contributed by atoms with Crippen molar-refractivity contribution >= 4 is 17.9 Å². The minimum absolute atomic E-state index is 0.0819. The third-order valence-electron chi connectivity index (χ3n) is 15.9. The van der Waals surface area contributed by atoms with E-state index in [1.165, 1.54) is 212 Å². The standard InChI is InChI=1S/C77H136O6/c1-4-7-10-13-16-19-22-25-28-30-32-34-36-38-40-41-43-45-47-49-52-55-58-61-64-67-70-76(79)82-73-74(72-81-75(78)69-66-63-60-57-54-51-27-24-21-18-15-12-9-6-3)83-77(80)71-68-65-62-59-56-53-50-48-46-44-42-39-37-35-33-31-29-26-23-20-17-14-11-8-5-2/h8,11,17,20,24,26-27,29,33,35,39,42,46,48,74H,4-7,9-10,12-16,18-19,21-23,25,28,30-32,34,36-38,40-41,43-45,47,49-73H2,1-3H3/b11-8-,20-17-,27-24-,29-26-,35-33-,42-39-,48-46-. The van der Waals surface area contributed by atoms with E-state index in [-0.39, 0.29) is 31.1 Å². The molecule has 0 fully saturated rings. The van der Waals surface area contributed by atoms with Gasteiger partial charge in [-0.3, -0.25) is 14.4 Å². The summed E-state index contributed by atoms with van der Waals surface area (Å²) in [7, 11) is 0. The minimum atomic E-state index is -0.789. The quantitative estimate of drug-likeness (QED) is 0.0261. The molecule has 6 heteroatoms. The maximum Gasteiger partial charge on any atom is 0.306 e. The molecule has 0 aromatic heterocycles. The molecular formula is C77H136O6. The summed E-state index contributed by atoms with van der Waals surface area (Å²) in [5.74, 6) is -0.886. The summed E-state index contributed by atoms with van der Waals surface area (Å²) in [5, 5.41) is 0. The zero-order valence-electron chi connectivity index (χ0n) is 55.2. The molecule has 0 N–H and O–H groups in total. The Hall–Kier alpha value is -3.41. The monoisotopic (exact) mass is 1160 g/mol. The first-order valence-corrected chi connectivity index (χ1v) is 36.1. The zero-order valence-corrected chi connectivity index (χ0v) is 55.2. The van der Waals surface area contributed by atoms with E-state index in [0.29, 0.717) is 19.3 Å². The summed E-state index contributed by atoms with van der Waals surface area (Å²) in [6.07, 6.45) is 94.7. The molecule has 0 saturated carbocycles. The van der Waals surface area contributed by atoms with Crippen LogP contribution in [0.1, 0.15) is 367 Å². The number of allylic oxidation sites excluding steroid dienone is 14. The van der Waals surface area contributed by atoms with Crippen LogP contribution >= 0.6 is 0 Å². The maximum absolute atomic E-state index is 13.0. The highest BCUT2D eigenvalue weighted by molar-refractivity contribution is 5.71. The number of hydrogen-bond donors (Lipinski definition) is 0. The Labute approximate surface area is 515 Å². The van der Waals surface area contributed by atoms with Gasteiger partial charge in [0.15, 0.2) is 6.10 Å². The van der Waals surface area contributed by atoms with Gasteiger partial charge in [-0.15, -0.1) is 0 Å². The molecule has 0 aliphatic carbocycles. The normalized spacial score (nSPS) is 12.6. The highest BCUT2D eigenvalue weighted by Crippen LogP contribution is 2.18. The van der Waals surface area contributed by atoms with E-state index in [4.69, 9.17) is 14.2 Å². The van der Waals surface area contributed by atoms with Crippen LogP contribution in [0.2, 0.25) is 0 Å². The second-order valence-corrected chi connectivity index (χ2v) is 24.1. The Morgan fingerprint density at radius 3 is 0.747 bits per heavy atom. The lowest BCUT2D eigenvalue weighted by molar-refractivity contribution is -0.167. The smallest absolute Gasteiger partial charge is 0.306 e. The van der Waals surface area contributed by atoms with Crippen molar-refractivity contribution in [3.8, 4) is 0 Å². The van der Waals surface area contributed by atoms with Gasteiger partial charge < -0.3 is 14.2 Å². The van der Waals surface area contributed by atoms with E-state index in [1.807, 2.05) is 0 Å². The third-order valence-corrected chi connectivity index (χ3v) is 15.9. The number of carbonyl (C=O) groups is 3. The van der Waals surface area contributed by atoms with Crippen molar-refractivity contribution < 1.29 is 28.6 Å². The van der Waals surface area contributed by atoms with Crippen LogP contribution in [0, 0.1) is 0 Å². The lowest BCUT2D eigenvalue weighted by atomic mass is 10.0. The lowest BCUT2D eigenvalue weighted by Crippen LogP contribution is -2.30. The van der Waals surface area contributed by atoms with Crippen LogP contribution in [-0.2, 0) is 28.6 Å². The molecule has 0 rings (SSSR count). The predicted molar refractivity (Wildman–Crippen MR) is 362 cm³/mol. The van der Waals surface area contributed by atoms with Crippen LogP contribution in [0.4, 0.5) is 0 Å². The molecule has 6 nitrogen and oxygen atoms in total. The summed E-state index contributed by atoms with van der Waals surface area (Å²) in [6.45, 7) is 6.55. The van der Waals surface area contributed by atoms with E-state index in [9.17, 15) is 14.4 Å². The Kier molecular flexibility index (Phi) is 68.2. The molecule has 1 unspecified atom stereocenters. The molecule has 0 radical (unpaired) electrons. The average molecular weight is 1160 g/mol. The van der Waals surface area contributed by atoms with E-state index in [2.05, 4.69) is 106 Å². The van der Waals surface area contributed by atoms with Gasteiger partial charge in [0, 0.05) is 19.3 Å². The van der Waals surface area contributed by atoms with Gasteiger partial charge in [0.05, 0.1) is 0 Å². The SMILES string of the molecule is CC/C=C\C/C=C\C/C=C\C/C=C\C/C=C\C/C=C\CCCCCCCCC(=O)OC(COC(=O)CCCCCCC/C=C\CCCCCCC)COC(=O)CCCCCCCCCCCCCCCCCCCCCCCCCCCC. The van der Waals surface area contributed by atoms with E-state index in [0.717, 1.165) is 116 Å². The van der Waals surface area contributed by atoms with Crippen LogP contribution in [0.15, 0.2) is 85.1 Å². The molecule has 1 atom stereocenters. The van der Waals surface area contributed by atoms with Gasteiger partial charge in [-0.05, 0) is 96.3 Å². The number of ether oxygens (including phenoxy) is 3. The molecule has 0 bridgehead atoms. The Morgan fingerprint density at radius 1 is 0.253 bits per heavy atom. The molecule has 0 heterocycles. The van der Waals surface area contributed by atoms with Gasteiger partial charge in [0.2, 0.25) is 0 Å². The molecule has 83 heavy (non-hydrogen) atoms. The van der Waals surface area contributed by atoms with Crippen molar-refractivity contribution in [2.24, 2.45) is 0 Å². The van der Waals surface area contributed by atoms with Gasteiger partial charge in [0.25, 0.3) is 0 Å². The molecule has 480 valence electrons. The van der Waals surface area contributed by atoms with Crippen molar-refractivity contribution in [3.05, 3.63) is 85.1 Å². The first-order valence-electron chi connectivity index (χ1n) is 36.1. The highest BCUT2D eigenvalue weighted by Gasteiger charge is 2.19. The molecule has 0 aliphatic rings. The fourth-order valence-corrected chi connectivity index (χ4v) is 10.5. The van der Waals surface area contributed by atoms with Crippen LogP contribution in [0.5, 0.6) is 0 Å². The van der Waals surface area contributed by atoms with Gasteiger partial charge in [-0.25, -0.2) is 0 Å². The summed E-state index contributed by atoms with van der Waals surface area (Å²) >= 11 is 0. The molecular weight excluding hydrogens is 1020 g/mol. The lowest BCUT2D eigenvalue weighted by Gasteiger charge is -2.18. The Bertz CT molecular complexity index is 1570. The molecule has 0 aliphatic heterocycles. The summed E-state index contributed by atoms with van der Waals surface area (Å²) in [5.41, 5.74) is 0. The van der Waals surface area contributed by atoms with E-state index in [1.54, 1.807) is 0 Å². The van der Waals surface area contributed by atoms with Gasteiger partial charge >= 0.3 is 17.9 Å². The Balaban J connectivity index is 4.31. The topological polar surface area (TPSA) is 78.9 Å². The number of esters is 3. The second kappa shape index (κ2) is 71.1. The molecule has 0 spiro atoms. The predicted octanol–water partition coefficient (Wildman–Crippen LogP) is 25.0. The van der Waals surface area contributed by atoms with Gasteiger partial charge in [-0.2, -0.15) is 0 Å². The molecule has 0 saturated heterocycles. The minimum Gasteiger partial charge on any atom is -0.462 e. The van der Waals surface area contributed by atoms with E-state index < -0.39 is 6.10 Å². The van der Waals surface area contributed by atoms with Crippen LogP contribution in [0.3, 0.4) is 0 Å². The molecule has 0 aromatic rings. The number of rotatable bonds is 66. The average Bonchev–Trinajstić information content (AvgIpc) is 3.49. The first kappa shape index (κ1) is 79.6. The first-order chi connectivity index (χ1) is 41.0. The third kappa shape index (κ3) is 69.3. The van der Waals surface area contributed by atoms with Crippen LogP contribution in [-0.4, -0.2) is 37.2 Å². The van der Waals surface area contributed by atoms with Gasteiger partial charge in [0.1, 0.15) is 13.2 Å². The maximum atomic E-state index is 13.0. The zero-order chi connectivity index (χ0) is 59.9. The van der Waals surface area contributed by atoms with Crippen molar-refractivity contribution in [1.82, 2.24) is 0 Å². The van der Waals surface area contributed by atoms with Crippen LogP contribution < -0.4 is 0 Å². The summed E-state index contributed by atoms with van der Waals surface area (Å²) in [6, 6.07) is 0. The molecule has 0 aromatic carbocycles.